The molecule has 2 rings (SSSR count). The lowest BCUT2D eigenvalue weighted by molar-refractivity contribution is -0.339. The van der Waals surface area contributed by atoms with Crippen molar-refractivity contribution < 1.29 is 22.3 Å². The maximum Gasteiger partial charge on any atom is 0.367 e. The van der Waals surface area contributed by atoms with Crippen LogP contribution in [0.2, 0.25) is 0 Å². The predicted octanol–water partition coefficient (Wildman–Crippen LogP) is 3.88. The molecule has 0 N–H and O–H groups in total. The van der Waals surface area contributed by atoms with Gasteiger partial charge in [0.05, 0.1) is 11.8 Å². The highest BCUT2D eigenvalue weighted by Gasteiger charge is 2.67. The summed E-state index contributed by atoms with van der Waals surface area (Å²) in [5.74, 6) is -3.03. The molecule has 15 heavy (non-hydrogen) atoms. The molecule has 3 atom stereocenters. The molecule has 1 nitrogen and oxygen atoms in total. The fraction of sp³-hybridized carbons (Fsp3) is 0.750. The molecule has 1 saturated heterocycles. The summed E-state index contributed by atoms with van der Waals surface area (Å²) >= 11 is 6.19. The second-order valence-corrected chi connectivity index (χ2v) is 5.63. The predicted molar refractivity (Wildman–Crippen MR) is 52.3 cm³/mol. The van der Waals surface area contributed by atoms with E-state index in [1.807, 2.05) is 0 Å². The first kappa shape index (κ1) is 11.9. The SMILES string of the molecule is FC1(F)OC(F)(F)[C@H]2CC(Br)C(Br)=C[C@H]21. The van der Waals surface area contributed by atoms with Crippen molar-refractivity contribution >= 4 is 31.9 Å². The highest BCUT2D eigenvalue weighted by atomic mass is 79.9. The lowest BCUT2D eigenvalue weighted by Gasteiger charge is -2.27. The van der Waals surface area contributed by atoms with Crippen LogP contribution in [-0.2, 0) is 4.74 Å². The number of alkyl halides is 5. The molecule has 2 aliphatic rings. The lowest BCUT2D eigenvalue weighted by atomic mass is 9.84. The molecule has 0 radical (unpaired) electrons. The van der Waals surface area contributed by atoms with Gasteiger partial charge in [0.1, 0.15) is 0 Å². The normalized spacial score (nSPS) is 42.3. The van der Waals surface area contributed by atoms with E-state index in [2.05, 4.69) is 36.6 Å². The van der Waals surface area contributed by atoms with Crippen LogP contribution in [0.15, 0.2) is 10.6 Å². The van der Waals surface area contributed by atoms with Crippen LogP contribution in [0, 0.1) is 11.8 Å². The number of allylic oxidation sites excluding steroid dienone is 1. The Morgan fingerprint density at radius 2 is 1.87 bits per heavy atom. The maximum atomic E-state index is 13.1. The molecule has 0 aromatic carbocycles. The van der Waals surface area contributed by atoms with Gasteiger partial charge in [-0.2, -0.15) is 17.6 Å². The number of rotatable bonds is 0. The van der Waals surface area contributed by atoms with Crippen molar-refractivity contribution in [3.8, 4) is 0 Å². The van der Waals surface area contributed by atoms with E-state index in [1.54, 1.807) is 0 Å². The first-order valence-corrected chi connectivity index (χ1v) is 5.92. The van der Waals surface area contributed by atoms with Gasteiger partial charge in [-0.1, -0.05) is 37.9 Å². The van der Waals surface area contributed by atoms with Crippen molar-refractivity contribution in [1.29, 1.82) is 0 Å². The Labute approximate surface area is 100 Å². The molecule has 1 aliphatic carbocycles. The van der Waals surface area contributed by atoms with Crippen molar-refractivity contribution in [3.63, 3.8) is 0 Å². The standard InChI is InChI=1S/C8H6Br2F4O/c9-5-1-3-4(2-6(5)10)8(13,14)15-7(3,11)12/h1,3-4,6H,2H2/t3-,4+,6?/m1/s1. The Bertz CT molecular complexity index is 318. The van der Waals surface area contributed by atoms with Crippen LogP contribution < -0.4 is 0 Å². The minimum Gasteiger partial charge on any atom is -0.255 e. The zero-order chi connectivity index (χ0) is 11.4. The molecule has 0 spiro atoms. The molecule has 1 fully saturated rings. The minimum atomic E-state index is -3.79. The van der Waals surface area contributed by atoms with Gasteiger partial charge in [-0.3, -0.25) is 4.74 Å². The van der Waals surface area contributed by atoms with E-state index in [4.69, 9.17) is 0 Å². The molecule has 0 amide bonds. The van der Waals surface area contributed by atoms with Crippen molar-refractivity contribution in [3.05, 3.63) is 10.6 Å². The van der Waals surface area contributed by atoms with Gasteiger partial charge < -0.3 is 0 Å². The number of hydrogen-bond acceptors (Lipinski definition) is 1. The topological polar surface area (TPSA) is 9.23 Å². The first-order valence-electron chi connectivity index (χ1n) is 4.21. The van der Waals surface area contributed by atoms with E-state index in [1.165, 1.54) is 0 Å². The number of halogens is 6. The highest BCUT2D eigenvalue weighted by Crippen LogP contribution is 2.56. The average molecular weight is 354 g/mol. The number of fused-ring (bicyclic) bond motifs is 1. The highest BCUT2D eigenvalue weighted by molar-refractivity contribution is 9.14. The van der Waals surface area contributed by atoms with E-state index < -0.39 is 24.1 Å². The molecule has 0 bridgehead atoms. The molecule has 0 aromatic heterocycles. The van der Waals surface area contributed by atoms with Crippen molar-refractivity contribution in [2.45, 2.75) is 23.5 Å². The molecule has 0 aromatic rings. The lowest BCUT2D eigenvalue weighted by Crippen LogP contribution is -2.32. The van der Waals surface area contributed by atoms with Crippen LogP contribution in [0.1, 0.15) is 6.42 Å². The van der Waals surface area contributed by atoms with Crippen LogP contribution in [0.25, 0.3) is 0 Å². The Hall–Kier alpha value is 0.380. The third-order valence-corrected chi connectivity index (χ3v) is 4.92. The summed E-state index contributed by atoms with van der Waals surface area (Å²) in [5, 5.41) is 0. The zero-order valence-corrected chi connectivity index (χ0v) is 10.4. The minimum absolute atomic E-state index is 0.0790. The van der Waals surface area contributed by atoms with Crippen LogP contribution in [0.4, 0.5) is 17.6 Å². The van der Waals surface area contributed by atoms with Crippen LogP contribution >= 0.6 is 31.9 Å². The maximum absolute atomic E-state index is 13.1. The zero-order valence-electron chi connectivity index (χ0n) is 7.19. The van der Waals surface area contributed by atoms with Crippen LogP contribution in [-0.4, -0.2) is 17.0 Å². The molecule has 7 heteroatoms. The molecular weight excluding hydrogens is 348 g/mol. The Morgan fingerprint density at radius 3 is 2.47 bits per heavy atom. The molecule has 86 valence electrons. The first-order chi connectivity index (χ1) is 6.74. The summed E-state index contributed by atoms with van der Waals surface area (Å²) in [6, 6.07) is 0. The summed E-state index contributed by atoms with van der Waals surface area (Å²) in [6.07, 6.45) is -6.52. The van der Waals surface area contributed by atoms with Gasteiger partial charge in [0.15, 0.2) is 0 Å². The van der Waals surface area contributed by atoms with Crippen molar-refractivity contribution in [1.82, 2.24) is 0 Å². The average Bonchev–Trinajstić information content (AvgIpc) is 2.21. The fourth-order valence-corrected chi connectivity index (χ4v) is 2.90. The van der Waals surface area contributed by atoms with Gasteiger partial charge in [-0.15, -0.1) is 0 Å². The number of hydrogen-bond donors (Lipinski definition) is 0. The Morgan fingerprint density at radius 1 is 1.27 bits per heavy atom. The van der Waals surface area contributed by atoms with Crippen LogP contribution in [0.3, 0.4) is 0 Å². The quantitative estimate of drug-likeness (QED) is 0.474. The third-order valence-electron chi connectivity index (χ3n) is 2.62. The van der Waals surface area contributed by atoms with Crippen molar-refractivity contribution in [2.75, 3.05) is 0 Å². The van der Waals surface area contributed by atoms with Gasteiger partial charge >= 0.3 is 12.2 Å². The van der Waals surface area contributed by atoms with E-state index in [0.717, 1.165) is 6.08 Å². The summed E-state index contributed by atoms with van der Waals surface area (Å²) in [4.78, 5) is -0.359. The molecular formula is C8H6Br2F4O. The van der Waals surface area contributed by atoms with Gasteiger partial charge in [0.2, 0.25) is 0 Å². The number of ether oxygens (including phenoxy) is 1. The second-order valence-electron chi connectivity index (χ2n) is 3.61. The summed E-state index contributed by atoms with van der Waals surface area (Å²) < 4.78 is 56.4. The summed E-state index contributed by atoms with van der Waals surface area (Å²) in [6.45, 7) is 0. The summed E-state index contributed by atoms with van der Waals surface area (Å²) in [7, 11) is 0. The fourth-order valence-electron chi connectivity index (χ4n) is 1.88. The summed E-state index contributed by atoms with van der Waals surface area (Å²) in [5.41, 5.74) is 0. The van der Waals surface area contributed by atoms with E-state index >= 15 is 0 Å². The van der Waals surface area contributed by atoms with E-state index in [-0.39, 0.29) is 11.2 Å². The van der Waals surface area contributed by atoms with Crippen molar-refractivity contribution in [2.24, 2.45) is 11.8 Å². The largest absolute Gasteiger partial charge is 0.367 e. The van der Waals surface area contributed by atoms with Gasteiger partial charge in [0.25, 0.3) is 0 Å². The molecule has 1 heterocycles. The monoisotopic (exact) mass is 352 g/mol. The Balaban J connectivity index is 2.39. The molecule has 1 aliphatic heterocycles. The molecule has 0 saturated carbocycles. The second kappa shape index (κ2) is 3.43. The van der Waals surface area contributed by atoms with E-state index in [0.29, 0.717) is 4.48 Å². The Kier molecular flexibility index (Phi) is 2.71. The van der Waals surface area contributed by atoms with Gasteiger partial charge in [-0.25, -0.2) is 0 Å². The smallest absolute Gasteiger partial charge is 0.255 e. The van der Waals surface area contributed by atoms with Gasteiger partial charge in [0, 0.05) is 9.31 Å². The van der Waals surface area contributed by atoms with Crippen LogP contribution in [0.5, 0.6) is 0 Å². The van der Waals surface area contributed by atoms with E-state index in [9.17, 15) is 17.6 Å². The molecule has 1 unspecified atom stereocenters. The third kappa shape index (κ3) is 1.86. The van der Waals surface area contributed by atoms with Gasteiger partial charge in [-0.05, 0) is 6.42 Å².